The van der Waals surface area contributed by atoms with E-state index < -0.39 is 0 Å². The van der Waals surface area contributed by atoms with E-state index in [0.29, 0.717) is 18.5 Å². The third-order valence-corrected chi connectivity index (χ3v) is 2.92. The Morgan fingerprint density at radius 2 is 2.35 bits per heavy atom. The quantitative estimate of drug-likeness (QED) is 0.472. The molecule has 17 heavy (non-hydrogen) atoms. The largest absolute Gasteiger partial charge is 0.354 e. The lowest BCUT2D eigenvalue weighted by atomic mass is 10.2. The molecule has 0 atom stereocenters. The number of carbonyl (C=O) groups excluding carboxylic acids is 2. The lowest BCUT2D eigenvalue weighted by Crippen LogP contribution is -2.25. The zero-order chi connectivity index (χ0) is 12.5. The molecule has 0 aliphatic heterocycles. The maximum absolute atomic E-state index is 11.3. The van der Waals surface area contributed by atoms with Gasteiger partial charge in [0.15, 0.2) is 0 Å². The molecule has 1 amide bonds. The highest BCUT2D eigenvalue weighted by Gasteiger charge is 2.02. The molecule has 0 fully saturated rings. The molecule has 0 heterocycles. The fraction of sp³-hybridized carbons (Fsp3) is 0.250. The first-order valence-corrected chi connectivity index (χ1v) is 6.06. The van der Waals surface area contributed by atoms with Crippen LogP contribution in [0.2, 0.25) is 0 Å². The SMILES string of the molecule is N#CCCNC(=O)CSc1cccc(C=O)c1. The summed E-state index contributed by atoms with van der Waals surface area (Å²) in [5.74, 6) is 0.176. The van der Waals surface area contributed by atoms with Gasteiger partial charge in [-0.05, 0) is 12.1 Å². The summed E-state index contributed by atoms with van der Waals surface area (Å²) in [6.07, 6.45) is 1.09. The molecule has 0 unspecified atom stereocenters. The predicted molar refractivity (Wildman–Crippen MR) is 65.8 cm³/mol. The van der Waals surface area contributed by atoms with Gasteiger partial charge < -0.3 is 5.32 Å². The highest BCUT2D eigenvalue weighted by atomic mass is 32.2. The molecule has 88 valence electrons. The Morgan fingerprint density at radius 3 is 3.06 bits per heavy atom. The summed E-state index contributed by atoms with van der Waals surface area (Å²) < 4.78 is 0. The summed E-state index contributed by atoms with van der Waals surface area (Å²) in [5.41, 5.74) is 0.597. The number of nitriles is 1. The number of hydrogen-bond donors (Lipinski definition) is 1. The van der Waals surface area contributed by atoms with Crippen LogP contribution in [0.5, 0.6) is 0 Å². The molecule has 1 rings (SSSR count). The first-order chi connectivity index (χ1) is 8.26. The monoisotopic (exact) mass is 248 g/mol. The molecular formula is C12H12N2O2S. The zero-order valence-corrected chi connectivity index (χ0v) is 10.00. The van der Waals surface area contributed by atoms with Gasteiger partial charge in [-0.15, -0.1) is 11.8 Å². The number of nitrogens with zero attached hydrogens (tertiary/aromatic N) is 1. The van der Waals surface area contributed by atoms with Crippen molar-refractivity contribution in [2.75, 3.05) is 12.3 Å². The van der Waals surface area contributed by atoms with E-state index in [1.807, 2.05) is 12.1 Å². The minimum atomic E-state index is -0.109. The summed E-state index contributed by atoms with van der Waals surface area (Å²) in [5, 5.41) is 10.9. The number of carbonyl (C=O) groups is 2. The van der Waals surface area contributed by atoms with Gasteiger partial charge in [-0.2, -0.15) is 5.26 Å². The van der Waals surface area contributed by atoms with E-state index in [1.54, 1.807) is 18.2 Å². The number of thioether (sulfide) groups is 1. The smallest absolute Gasteiger partial charge is 0.230 e. The molecule has 0 aliphatic rings. The van der Waals surface area contributed by atoms with Gasteiger partial charge in [-0.25, -0.2) is 0 Å². The second kappa shape index (κ2) is 7.47. The summed E-state index contributed by atoms with van der Waals surface area (Å²) >= 11 is 1.36. The van der Waals surface area contributed by atoms with E-state index in [4.69, 9.17) is 5.26 Å². The highest BCUT2D eigenvalue weighted by molar-refractivity contribution is 8.00. The molecule has 0 spiro atoms. The number of aldehydes is 1. The van der Waals surface area contributed by atoms with Crippen LogP contribution in [-0.2, 0) is 4.79 Å². The van der Waals surface area contributed by atoms with Crippen molar-refractivity contribution in [3.8, 4) is 6.07 Å². The first-order valence-electron chi connectivity index (χ1n) is 5.08. The summed E-state index contributed by atoms with van der Waals surface area (Å²) in [7, 11) is 0. The third-order valence-electron chi connectivity index (χ3n) is 1.92. The first kappa shape index (κ1) is 13.3. The van der Waals surface area contributed by atoms with Crippen molar-refractivity contribution in [1.82, 2.24) is 5.32 Å². The Bertz CT molecular complexity index is 440. The van der Waals surface area contributed by atoms with Crippen LogP contribution in [0.3, 0.4) is 0 Å². The molecule has 0 radical (unpaired) electrons. The fourth-order valence-electron chi connectivity index (χ4n) is 1.14. The van der Waals surface area contributed by atoms with Crippen LogP contribution >= 0.6 is 11.8 Å². The number of rotatable bonds is 6. The third kappa shape index (κ3) is 5.18. The van der Waals surface area contributed by atoms with Crippen molar-refractivity contribution in [3.05, 3.63) is 29.8 Å². The minimum absolute atomic E-state index is 0.109. The van der Waals surface area contributed by atoms with Crippen LogP contribution in [0.1, 0.15) is 16.8 Å². The second-order valence-corrected chi connectivity index (χ2v) is 4.29. The zero-order valence-electron chi connectivity index (χ0n) is 9.18. The standard InChI is InChI=1S/C12H12N2O2S/c13-5-2-6-14-12(16)9-17-11-4-1-3-10(7-11)8-15/h1,3-4,7-8H,2,6,9H2,(H,14,16). The second-order valence-electron chi connectivity index (χ2n) is 3.24. The topological polar surface area (TPSA) is 70.0 Å². The Labute approximate surface area is 104 Å². The van der Waals surface area contributed by atoms with Crippen LogP contribution in [-0.4, -0.2) is 24.5 Å². The molecular weight excluding hydrogens is 236 g/mol. The Hall–Kier alpha value is -1.80. The number of amides is 1. The predicted octanol–water partition coefficient (Wildman–Crippen LogP) is 1.62. The summed E-state index contributed by atoms with van der Waals surface area (Å²) in [6.45, 7) is 0.379. The van der Waals surface area contributed by atoms with Gasteiger partial charge in [-0.1, -0.05) is 12.1 Å². The summed E-state index contributed by atoms with van der Waals surface area (Å²) in [6, 6.07) is 9.03. The van der Waals surface area contributed by atoms with E-state index >= 15 is 0 Å². The molecule has 0 saturated carbocycles. The van der Waals surface area contributed by atoms with Gasteiger partial charge in [0.1, 0.15) is 6.29 Å². The Morgan fingerprint density at radius 1 is 1.53 bits per heavy atom. The molecule has 4 nitrogen and oxygen atoms in total. The van der Waals surface area contributed by atoms with Crippen LogP contribution in [0.4, 0.5) is 0 Å². The maximum Gasteiger partial charge on any atom is 0.230 e. The van der Waals surface area contributed by atoms with E-state index in [2.05, 4.69) is 5.32 Å². The average Bonchev–Trinajstić information content (AvgIpc) is 2.37. The lowest BCUT2D eigenvalue weighted by Gasteiger charge is -2.03. The normalized spacial score (nSPS) is 9.35. The van der Waals surface area contributed by atoms with Crippen LogP contribution < -0.4 is 5.32 Å². The van der Waals surface area contributed by atoms with E-state index in [0.717, 1.165) is 11.2 Å². The molecule has 1 aromatic rings. The van der Waals surface area contributed by atoms with Crippen molar-refractivity contribution in [1.29, 1.82) is 5.26 Å². The number of hydrogen-bond acceptors (Lipinski definition) is 4. The Balaban J connectivity index is 2.37. The maximum atomic E-state index is 11.3. The molecule has 5 heteroatoms. The average molecular weight is 248 g/mol. The van der Waals surface area contributed by atoms with Crippen LogP contribution in [0.15, 0.2) is 29.2 Å². The van der Waals surface area contributed by atoms with E-state index in [-0.39, 0.29) is 11.7 Å². The molecule has 0 aliphatic carbocycles. The van der Waals surface area contributed by atoms with Crippen molar-refractivity contribution < 1.29 is 9.59 Å². The molecule has 0 saturated heterocycles. The molecule has 1 N–H and O–H groups in total. The van der Waals surface area contributed by atoms with Crippen molar-refractivity contribution in [2.45, 2.75) is 11.3 Å². The van der Waals surface area contributed by atoms with Gasteiger partial charge in [-0.3, -0.25) is 9.59 Å². The van der Waals surface area contributed by atoms with Gasteiger partial charge in [0.25, 0.3) is 0 Å². The van der Waals surface area contributed by atoms with E-state index in [1.165, 1.54) is 11.8 Å². The number of benzene rings is 1. The van der Waals surface area contributed by atoms with Crippen LogP contribution in [0, 0.1) is 11.3 Å². The van der Waals surface area contributed by atoms with Gasteiger partial charge in [0.2, 0.25) is 5.91 Å². The highest BCUT2D eigenvalue weighted by Crippen LogP contribution is 2.18. The minimum Gasteiger partial charge on any atom is -0.354 e. The molecule has 0 bridgehead atoms. The van der Waals surface area contributed by atoms with Crippen molar-refractivity contribution in [3.63, 3.8) is 0 Å². The molecule has 0 aromatic heterocycles. The van der Waals surface area contributed by atoms with Gasteiger partial charge >= 0.3 is 0 Å². The van der Waals surface area contributed by atoms with Crippen molar-refractivity contribution in [2.24, 2.45) is 0 Å². The van der Waals surface area contributed by atoms with Gasteiger partial charge in [0.05, 0.1) is 18.2 Å². The fourth-order valence-corrected chi connectivity index (χ4v) is 1.93. The van der Waals surface area contributed by atoms with Gasteiger partial charge in [0, 0.05) is 17.0 Å². The number of nitrogens with one attached hydrogen (secondary N) is 1. The van der Waals surface area contributed by atoms with E-state index in [9.17, 15) is 9.59 Å². The van der Waals surface area contributed by atoms with Crippen molar-refractivity contribution >= 4 is 24.0 Å². The lowest BCUT2D eigenvalue weighted by molar-refractivity contribution is -0.118. The summed E-state index contributed by atoms with van der Waals surface area (Å²) in [4.78, 5) is 22.8. The Kier molecular flexibility index (Phi) is 5.83. The molecule has 1 aromatic carbocycles. The van der Waals surface area contributed by atoms with Crippen LogP contribution in [0.25, 0.3) is 0 Å².